The van der Waals surface area contributed by atoms with Crippen LogP contribution in [-0.2, 0) is 22.6 Å². The van der Waals surface area contributed by atoms with Crippen molar-refractivity contribution >= 4 is 11.6 Å². The van der Waals surface area contributed by atoms with E-state index in [9.17, 15) is 0 Å². The molecular weight excluding hydrogens is 322 g/mol. The predicted octanol–water partition coefficient (Wildman–Crippen LogP) is 3.46. The lowest BCUT2D eigenvalue weighted by Crippen LogP contribution is -2.53. The molecule has 0 unspecified atom stereocenters. The molecule has 0 aromatic heterocycles. The molecule has 0 amide bonds. The third-order valence-corrected chi connectivity index (χ3v) is 5.20. The van der Waals surface area contributed by atoms with Crippen LogP contribution in [0.15, 0.2) is 60.7 Å². The fourth-order valence-corrected chi connectivity index (χ4v) is 3.91. The molecule has 3 nitrogen and oxygen atoms in total. The number of epoxide rings is 1. The molecule has 0 saturated carbocycles. The molecule has 4 heteroatoms. The van der Waals surface area contributed by atoms with Crippen molar-refractivity contribution in [1.29, 1.82) is 0 Å². The zero-order valence-electron chi connectivity index (χ0n) is 13.6. The number of ether oxygens (including phenoxy) is 2. The first-order chi connectivity index (χ1) is 11.8. The van der Waals surface area contributed by atoms with Crippen molar-refractivity contribution in [2.45, 2.75) is 37.5 Å². The maximum absolute atomic E-state index is 6.32. The first-order valence-electron chi connectivity index (χ1n) is 8.50. The van der Waals surface area contributed by atoms with Crippen LogP contribution in [0.5, 0.6) is 0 Å². The van der Waals surface area contributed by atoms with Crippen LogP contribution < -0.4 is 0 Å². The summed E-state index contributed by atoms with van der Waals surface area (Å²) in [5, 5.41) is 0. The van der Waals surface area contributed by atoms with Gasteiger partial charge in [0.15, 0.2) is 0 Å². The van der Waals surface area contributed by atoms with Gasteiger partial charge < -0.3 is 9.47 Å². The molecule has 0 N–H and O–H groups in total. The van der Waals surface area contributed by atoms with E-state index in [2.05, 4.69) is 41.3 Å². The second-order valence-corrected chi connectivity index (χ2v) is 6.85. The largest absolute Gasteiger partial charge is 0.369 e. The Hall–Kier alpha value is -1.39. The lowest BCUT2D eigenvalue weighted by molar-refractivity contribution is -0.0389. The highest BCUT2D eigenvalue weighted by atomic mass is 35.5. The zero-order chi connectivity index (χ0) is 16.4. The Kier molecular flexibility index (Phi) is 4.86. The molecule has 2 heterocycles. The number of halogens is 1. The van der Waals surface area contributed by atoms with Crippen LogP contribution in [0, 0.1) is 0 Å². The number of alkyl halides is 1. The van der Waals surface area contributed by atoms with E-state index in [-0.39, 0.29) is 24.4 Å². The molecule has 0 radical (unpaired) electrons. The minimum absolute atomic E-state index is 0.0326. The topological polar surface area (TPSA) is 25.0 Å². The number of hydrogen-bond acceptors (Lipinski definition) is 3. The molecular formula is C20H22ClNO2. The molecule has 126 valence electrons. The average Bonchev–Trinajstić information content (AvgIpc) is 3.40. The average molecular weight is 344 g/mol. The molecule has 2 aromatic rings. The summed E-state index contributed by atoms with van der Waals surface area (Å²) in [7, 11) is 0. The molecule has 2 aliphatic heterocycles. The lowest BCUT2D eigenvalue weighted by atomic mass is 9.99. The van der Waals surface area contributed by atoms with Crippen LogP contribution in [0.3, 0.4) is 0 Å². The zero-order valence-corrected chi connectivity index (χ0v) is 14.3. The van der Waals surface area contributed by atoms with Gasteiger partial charge in [-0.2, -0.15) is 0 Å². The van der Waals surface area contributed by atoms with Gasteiger partial charge in [0.25, 0.3) is 0 Å². The van der Waals surface area contributed by atoms with Gasteiger partial charge >= 0.3 is 0 Å². The summed E-state index contributed by atoms with van der Waals surface area (Å²) >= 11 is 6.32. The molecule has 2 saturated heterocycles. The van der Waals surface area contributed by atoms with Crippen molar-refractivity contribution in [1.82, 2.24) is 4.90 Å². The Bertz CT molecular complexity index is 651. The van der Waals surface area contributed by atoms with Gasteiger partial charge in [0.05, 0.1) is 18.8 Å². The SMILES string of the molecule is ClC[C@H]1[C@H](OCc2ccccc2)[C@H]2O[C@H]2CN1Cc1ccccc1. The number of benzene rings is 2. The Morgan fingerprint density at radius 1 is 1.00 bits per heavy atom. The third kappa shape index (κ3) is 3.50. The van der Waals surface area contributed by atoms with Gasteiger partial charge in [-0.05, 0) is 11.1 Å². The van der Waals surface area contributed by atoms with Crippen LogP contribution in [-0.4, -0.2) is 41.7 Å². The number of nitrogens with zero attached hydrogens (tertiary/aromatic N) is 1. The summed E-state index contributed by atoms with van der Waals surface area (Å²) in [6.07, 6.45) is 0.517. The highest BCUT2D eigenvalue weighted by Crippen LogP contribution is 2.38. The van der Waals surface area contributed by atoms with Crippen LogP contribution in [0.1, 0.15) is 11.1 Å². The fourth-order valence-electron chi connectivity index (χ4n) is 3.54. The highest BCUT2D eigenvalue weighted by molar-refractivity contribution is 6.18. The van der Waals surface area contributed by atoms with Crippen LogP contribution in [0.2, 0.25) is 0 Å². The molecule has 24 heavy (non-hydrogen) atoms. The van der Waals surface area contributed by atoms with E-state index in [1.54, 1.807) is 0 Å². The van der Waals surface area contributed by atoms with Crippen molar-refractivity contribution in [2.24, 2.45) is 0 Å². The lowest BCUT2D eigenvalue weighted by Gasteiger charge is -2.38. The highest BCUT2D eigenvalue weighted by Gasteiger charge is 2.54. The molecule has 4 rings (SSSR count). The van der Waals surface area contributed by atoms with Gasteiger partial charge in [0.1, 0.15) is 12.2 Å². The van der Waals surface area contributed by atoms with E-state index in [1.165, 1.54) is 11.1 Å². The van der Waals surface area contributed by atoms with Gasteiger partial charge in [0.2, 0.25) is 0 Å². The summed E-state index contributed by atoms with van der Waals surface area (Å²) < 4.78 is 12.1. The van der Waals surface area contributed by atoms with Crippen molar-refractivity contribution in [2.75, 3.05) is 12.4 Å². The van der Waals surface area contributed by atoms with Crippen molar-refractivity contribution < 1.29 is 9.47 Å². The van der Waals surface area contributed by atoms with Gasteiger partial charge in [-0.25, -0.2) is 0 Å². The van der Waals surface area contributed by atoms with E-state index >= 15 is 0 Å². The smallest absolute Gasteiger partial charge is 0.113 e. The van der Waals surface area contributed by atoms with E-state index in [0.717, 1.165) is 13.1 Å². The fraction of sp³-hybridized carbons (Fsp3) is 0.400. The minimum Gasteiger partial charge on any atom is -0.369 e. The Labute approximate surface area is 148 Å². The monoisotopic (exact) mass is 343 g/mol. The molecule has 0 bridgehead atoms. The second kappa shape index (κ2) is 7.24. The summed E-state index contributed by atoms with van der Waals surface area (Å²) in [5.74, 6) is 0.554. The molecule has 0 spiro atoms. The van der Waals surface area contributed by atoms with Crippen molar-refractivity contribution in [3.8, 4) is 0 Å². The summed E-state index contributed by atoms with van der Waals surface area (Å²) in [6, 6.07) is 21.0. The van der Waals surface area contributed by atoms with E-state index < -0.39 is 0 Å². The second-order valence-electron chi connectivity index (χ2n) is 6.54. The van der Waals surface area contributed by atoms with E-state index in [4.69, 9.17) is 21.1 Å². The van der Waals surface area contributed by atoms with E-state index in [1.807, 2.05) is 24.3 Å². The first-order valence-corrected chi connectivity index (χ1v) is 9.03. The Morgan fingerprint density at radius 2 is 1.67 bits per heavy atom. The van der Waals surface area contributed by atoms with E-state index in [0.29, 0.717) is 12.5 Å². The van der Waals surface area contributed by atoms with Crippen molar-refractivity contribution in [3.63, 3.8) is 0 Å². The normalized spacial score (nSPS) is 29.2. The number of hydrogen-bond donors (Lipinski definition) is 0. The minimum atomic E-state index is 0.0326. The number of likely N-dealkylation sites (tertiary alicyclic amines) is 1. The predicted molar refractivity (Wildman–Crippen MR) is 95.0 cm³/mol. The van der Waals surface area contributed by atoms with Gasteiger partial charge in [-0.15, -0.1) is 11.6 Å². The molecule has 4 atom stereocenters. The standard InChI is InChI=1S/C20H22ClNO2/c21-11-17-19(23-14-16-9-5-2-6-10-16)20-18(24-20)13-22(17)12-15-7-3-1-4-8-15/h1-10,17-20H,11-14H2/t17-,18-,19-,20-/m0/s1. The summed E-state index contributed by atoms with van der Waals surface area (Å²) in [4.78, 5) is 2.41. The van der Waals surface area contributed by atoms with Gasteiger partial charge in [0, 0.05) is 19.0 Å². The first kappa shape index (κ1) is 16.1. The van der Waals surface area contributed by atoms with Crippen LogP contribution in [0.25, 0.3) is 0 Å². The molecule has 0 aliphatic carbocycles. The number of piperidine rings is 1. The quantitative estimate of drug-likeness (QED) is 0.593. The Balaban J connectivity index is 1.45. The molecule has 2 aliphatic rings. The maximum atomic E-state index is 6.32. The van der Waals surface area contributed by atoms with Crippen LogP contribution >= 0.6 is 11.6 Å². The molecule has 2 fully saturated rings. The van der Waals surface area contributed by atoms with Crippen LogP contribution in [0.4, 0.5) is 0 Å². The summed E-state index contributed by atoms with van der Waals surface area (Å²) in [5.41, 5.74) is 2.48. The number of rotatable bonds is 6. The number of fused-ring (bicyclic) bond motifs is 1. The molecule has 2 aromatic carbocycles. The third-order valence-electron chi connectivity index (χ3n) is 4.88. The summed E-state index contributed by atoms with van der Waals surface area (Å²) in [6.45, 7) is 2.42. The van der Waals surface area contributed by atoms with Gasteiger partial charge in [-0.1, -0.05) is 60.7 Å². The van der Waals surface area contributed by atoms with Gasteiger partial charge in [-0.3, -0.25) is 4.90 Å². The Morgan fingerprint density at radius 3 is 2.33 bits per heavy atom. The van der Waals surface area contributed by atoms with Crippen molar-refractivity contribution in [3.05, 3.63) is 71.8 Å². The maximum Gasteiger partial charge on any atom is 0.113 e.